The second-order valence-corrected chi connectivity index (χ2v) is 6.06. The molecule has 9 heteroatoms. The van der Waals surface area contributed by atoms with Crippen LogP contribution in [0.4, 0.5) is 8.78 Å². The molecule has 0 aliphatic carbocycles. The molecule has 1 heterocycles. The van der Waals surface area contributed by atoms with Crippen LogP contribution in [0.1, 0.15) is 12.1 Å². The van der Waals surface area contributed by atoms with Crippen LogP contribution < -0.4 is 0 Å². The van der Waals surface area contributed by atoms with Crippen molar-refractivity contribution < 1.29 is 22.3 Å². The van der Waals surface area contributed by atoms with Gasteiger partial charge in [0.15, 0.2) is 11.4 Å². The molecule has 0 aliphatic heterocycles. The molecule has 1 aromatic rings. The highest BCUT2D eigenvalue weighted by Gasteiger charge is 2.25. The zero-order valence-electron chi connectivity index (χ0n) is 6.79. The molecule has 0 aliphatic rings. The fraction of sp³-hybridized carbons (Fsp3) is 0.167. The first kappa shape index (κ1) is 12.8. The summed E-state index contributed by atoms with van der Waals surface area (Å²) in [6.45, 7) is 0. The molecule has 0 saturated heterocycles. The largest absolute Gasteiger partial charge is 0.505 e. The van der Waals surface area contributed by atoms with Crippen LogP contribution in [0.5, 0.6) is 5.75 Å². The molecule has 0 spiro atoms. The lowest BCUT2D eigenvalue weighted by atomic mass is 10.3. The van der Waals surface area contributed by atoms with Gasteiger partial charge in [-0.15, -0.1) is 0 Å². The molecule has 0 unspecified atom stereocenters. The smallest absolute Gasteiger partial charge is 0.284 e. The molecular formula is C6H3ClF2INO3S. The topological polar surface area (TPSA) is 67.3 Å². The number of alkyl halides is 2. The molecule has 0 aromatic carbocycles. The van der Waals surface area contributed by atoms with Crippen molar-refractivity contribution in [2.75, 3.05) is 0 Å². The SMILES string of the molecule is O=S(=O)(Cl)c1cc(I)nc(C(F)F)c1O. The minimum atomic E-state index is -4.27. The highest BCUT2D eigenvalue weighted by molar-refractivity contribution is 14.1. The molecule has 15 heavy (non-hydrogen) atoms. The van der Waals surface area contributed by atoms with Gasteiger partial charge in [-0.05, 0) is 28.7 Å². The van der Waals surface area contributed by atoms with Crippen LogP contribution in [-0.4, -0.2) is 18.5 Å². The van der Waals surface area contributed by atoms with E-state index >= 15 is 0 Å². The van der Waals surface area contributed by atoms with Crippen LogP contribution in [0.25, 0.3) is 0 Å². The van der Waals surface area contributed by atoms with Crippen molar-refractivity contribution in [1.82, 2.24) is 4.98 Å². The van der Waals surface area contributed by atoms with E-state index in [9.17, 15) is 22.3 Å². The van der Waals surface area contributed by atoms with Gasteiger partial charge in [0.25, 0.3) is 15.5 Å². The van der Waals surface area contributed by atoms with Crippen molar-refractivity contribution in [1.29, 1.82) is 0 Å². The number of aromatic hydroxyl groups is 1. The third-order valence-electron chi connectivity index (χ3n) is 1.42. The molecular weight excluding hydrogens is 366 g/mol. The summed E-state index contributed by atoms with van der Waals surface area (Å²) < 4.78 is 46.4. The zero-order valence-corrected chi connectivity index (χ0v) is 10.5. The Bertz CT molecular complexity index is 493. The second-order valence-electron chi connectivity index (χ2n) is 2.42. The minimum Gasteiger partial charge on any atom is -0.505 e. The van der Waals surface area contributed by atoms with E-state index in [0.29, 0.717) is 0 Å². The van der Waals surface area contributed by atoms with E-state index in [2.05, 4.69) is 4.98 Å². The van der Waals surface area contributed by atoms with Crippen LogP contribution >= 0.6 is 33.3 Å². The normalized spacial score (nSPS) is 12.1. The second kappa shape index (κ2) is 4.34. The van der Waals surface area contributed by atoms with Gasteiger partial charge in [0.2, 0.25) is 0 Å². The van der Waals surface area contributed by atoms with Gasteiger partial charge in [0, 0.05) is 10.7 Å². The summed E-state index contributed by atoms with van der Waals surface area (Å²) in [7, 11) is 0.681. The van der Waals surface area contributed by atoms with Crippen molar-refractivity contribution in [2.24, 2.45) is 0 Å². The maximum absolute atomic E-state index is 12.3. The van der Waals surface area contributed by atoms with Crippen molar-refractivity contribution in [2.45, 2.75) is 11.3 Å². The Kier molecular flexibility index (Phi) is 3.71. The number of nitrogens with zero attached hydrogens (tertiary/aromatic N) is 1. The summed E-state index contributed by atoms with van der Waals surface area (Å²) in [5, 5.41) is 9.21. The number of pyridine rings is 1. The maximum Gasteiger partial charge on any atom is 0.284 e. The molecule has 0 bridgehead atoms. The quantitative estimate of drug-likeness (QED) is 0.493. The van der Waals surface area contributed by atoms with E-state index in [1.165, 1.54) is 0 Å². The Hall–Kier alpha value is -0.220. The Morgan fingerprint density at radius 2 is 2.07 bits per heavy atom. The number of rotatable bonds is 2. The number of hydrogen-bond acceptors (Lipinski definition) is 4. The monoisotopic (exact) mass is 369 g/mol. The van der Waals surface area contributed by atoms with Gasteiger partial charge in [0.1, 0.15) is 8.60 Å². The third kappa shape index (κ3) is 2.88. The molecule has 0 saturated carbocycles. The fourth-order valence-electron chi connectivity index (χ4n) is 0.841. The number of halogens is 4. The van der Waals surface area contributed by atoms with E-state index in [0.717, 1.165) is 6.07 Å². The molecule has 84 valence electrons. The van der Waals surface area contributed by atoms with E-state index in [1.807, 2.05) is 0 Å². The Labute approximate surface area is 102 Å². The van der Waals surface area contributed by atoms with Crippen LogP contribution in [0.3, 0.4) is 0 Å². The summed E-state index contributed by atoms with van der Waals surface area (Å²) in [5.41, 5.74) is -0.999. The molecule has 0 fully saturated rings. The van der Waals surface area contributed by atoms with E-state index in [-0.39, 0.29) is 3.70 Å². The van der Waals surface area contributed by atoms with Gasteiger partial charge in [-0.3, -0.25) is 0 Å². The summed E-state index contributed by atoms with van der Waals surface area (Å²) >= 11 is 1.54. The van der Waals surface area contributed by atoms with Crippen LogP contribution in [-0.2, 0) is 9.05 Å². The number of aromatic nitrogens is 1. The third-order valence-corrected chi connectivity index (χ3v) is 3.31. The van der Waals surface area contributed by atoms with Crippen molar-refractivity contribution >= 4 is 42.3 Å². The van der Waals surface area contributed by atoms with Crippen molar-refractivity contribution in [3.63, 3.8) is 0 Å². The molecule has 1 aromatic heterocycles. The average molecular weight is 370 g/mol. The van der Waals surface area contributed by atoms with Gasteiger partial charge >= 0.3 is 0 Å². The van der Waals surface area contributed by atoms with E-state index in [4.69, 9.17) is 10.7 Å². The molecule has 1 N–H and O–H groups in total. The molecule has 0 atom stereocenters. The highest BCUT2D eigenvalue weighted by atomic mass is 127. The van der Waals surface area contributed by atoms with Gasteiger partial charge in [0.05, 0.1) is 0 Å². The molecule has 0 amide bonds. The number of hydrogen-bond donors (Lipinski definition) is 1. The summed E-state index contributed by atoms with van der Waals surface area (Å²) in [4.78, 5) is 2.55. The predicted octanol–water partition coefficient (Wildman–Crippen LogP) is 2.26. The summed E-state index contributed by atoms with van der Waals surface area (Å²) in [6.07, 6.45) is -3.07. The van der Waals surface area contributed by atoms with Gasteiger partial charge in [-0.1, -0.05) is 0 Å². The first-order valence-electron chi connectivity index (χ1n) is 3.35. The van der Waals surface area contributed by atoms with E-state index in [1.54, 1.807) is 22.6 Å². The van der Waals surface area contributed by atoms with Gasteiger partial charge in [-0.25, -0.2) is 22.2 Å². The molecule has 4 nitrogen and oxygen atoms in total. The lowest BCUT2D eigenvalue weighted by molar-refractivity contribution is 0.141. The predicted molar refractivity (Wildman–Crippen MR) is 56.6 cm³/mol. The first-order chi connectivity index (χ1) is 6.73. The van der Waals surface area contributed by atoms with Crippen LogP contribution in [0, 0.1) is 3.70 Å². The average Bonchev–Trinajstić information content (AvgIpc) is 2.06. The summed E-state index contributed by atoms with van der Waals surface area (Å²) in [5.74, 6) is -1.11. The van der Waals surface area contributed by atoms with Crippen molar-refractivity contribution in [3.8, 4) is 5.75 Å². The first-order valence-corrected chi connectivity index (χ1v) is 6.74. The van der Waals surface area contributed by atoms with Crippen LogP contribution in [0.15, 0.2) is 11.0 Å². The maximum atomic E-state index is 12.3. The molecule has 1 rings (SSSR count). The Morgan fingerprint density at radius 1 is 1.53 bits per heavy atom. The van der Waals surface area contributed by atoms with Crippen LogP contribution in [0.2, 0.25) is 0 Å². The van der Waals surface area contributed by atoms with Gasteiger partial charge in [-0.2, -0.15) is 0 Å². The van der Waals surface area contributed by atoms with E-state index < -0.39 is 31.8 Å². The standard InChI is InChI=1S/C6H3ClF2INO3S/c7-15(13,14)2-1-3(10)11-4(5(2)12)6(8)9/h1,6,12H. The fourth-order valence-corrected chi connectivity index (χ4v) is 2.56. The van der Waals surface area contributed by atoms with Crippen molar-refractivity contribution in [3.05, 3.63) is 15.5 Å². The lowest BCUT2D eigenvalue weighted by Crippen LogP contribution is -2.00. The minimum absolute atomic E-state index is 0.0000694. The Morgan fingerprint density at radius 3 is 2.47 bits per heavy atom. The zero-order chi connectivity index (χ0) is 11.8. The molecule has 0 radical (unpaired) electrons. The van der Waals surface area contributed by atoms with Gasteiger partial charge < -0.3 is 5.11 Å². The lowest BCUT2D eigenvalue weighted by Gasteiger charge is -2.06. The summed E-state index contributed by atoms with van der Waals surface area (Å²) in [6, 6.07) is 0.907. The Balaban J connectivity index is 3.56. The highest BCUT2D eigenvalue weighted by Crippen LogP contribution is 2.34.